The zero-order valence-corrected chi connectivity index (χ0v) is 28.5. The number of quaternary nitrogens is 1. The van der Waals surface area contributed by atoms with Gasteiger partial charge >= 0.3 is 5.97 Å². The molecule has 2 bridgehead atoms. The number of nitrogens with one attached hydrogen (secondary N) is 1. The lowest BCUT2D eigenvalue weighted by molar-refractivity contribution is -0.872. The number of nitrogens with two attached hydrogens (primary N) is 1. The lowest BCUT2D eigenvalue weighted by Gasteiger charge is -2.53. The minimum atomic E-state index is -2.17. The number of β-lactam (4-membered cyclic amide) rings is 1. The van der Waals surface area contributed by atoms with Crippen LogP contribution in [0.3, 0.4) is 0 Å². The maximum Gasteiger partial charge on any atom is 0.350 e. The highest BCUT2D eigenvalue weighted by Gasteiger charge is 2.61. The number of Topliss-reactive ketones (excluding diaryl/α,β-unsaturated/α-hetero) is 1. The van der Waals surface area contributed by atoms with Crippen LogP contribution in [0.1, 0.15) is 36.3 Å². The highest BCUT2D eigenvalue weighted by Crippen LogP contribution is 2.50. The van der Waals surface area contributed by atoms with E-state index in [1.54, 1.807) is 12.3 Å². The number of hydrogen-bond acceptors (Lipinski definition) is 15. The highest BCUT2D eigenvalue weighted by atomic mass is 32.2. The minimum absolute atomic E-state index is 0.0308. The molecule has 0 radical (unpaired) electrons. The van der Waals surface area contributed by atoms with Gasteiger partial charge in [0.05, 0.1) is 29.9 Å². The van der Waals surface area contributed by atoms with Gasteiger partial charge in [0.15, 0.2) is 27.7 Å². The van der Waals surface area contributed by atoms with Crippen LogP contribution in [-0.4, -0.2) is 104 Å². The van der Waals surface area contributed by atoms with Gasteiger partial charge in [0.1, 0.15) is 18.8 Å². The van der Waals surface area contributed by atoms with Gasteiger partial charge in [0.25, 0.3) is 5.91 Å². The number of fused-ring (bicyclic) bond motifs is 3. The molecule has 50 heavy (non-hydrogen) atoms. The third-order valence-corrected chi connectivity index (χ3v) is 12.3. The molecule has 6 N–H and O–H groups in total. The van der Waals surface area contributed by atoms with Crippen molar-refractivity contribution in [2.24, 2.45) is 5.16 Å². The summed E-state index contributed by atoms with van der Waals surface area (Å²) in [6, 6.07) is 3.54. The molecular formula is C30H28N6O11S3. The average molecular weight is 745 g/mol. The summed E-state index contributed by atoms with van der Waals surface area (Å²) in [4.78, 5) is 75.8. The van der Waals surface area contributed by atoms with Gasteiger partial charge in [-0.25, -0.2) is 9.78 Å². The molecule has 0 aliphatic carbocycles. The monoisotopic (exact) mass is 744 g/mol. The summed E-state index contributed by atoms with van der Waals surface area (Å²) in [5.41, 5.74) is 2.46. The number of nitrogen functional groups attached to an aromatic ring is 1. The first-order valence-corrected chi connectivity index (χ1v) is 17.7. The van der Waals surface area contributed by atoms with Crippen molar-refractivity contribution in [2.45, 2.75) is 42.0 Å². The van der Waals surface area contributed by atoms with E-state index in [1.165, 1.54) is 25.3 Å². The quantitative estimate of drug-likeness (QED) is 0.0375. The minimum Gasteiger partial charge on any atom is -0.613 e. The van der Waals surface area contributed by atoms with Crippen molar-refractivity contribution in [3.63, 3.8) is 0 Å². The molecule has 1 aromatic heterocycles. The van der Waals surface area contributed by atoms with Gasteiger partial charge in [-0.15, -0.1) is 11.3 Å². The van der Waals surface area contributed by atoms with E-state index in [0.717, 1.165) is 40.1 Å². The van der Waals surface area contributed by atoms with Crippen molar-refractivity contribution in [1.82, 2.24) is 15.2 Å². The van der Waals surface area contributed by atoms with Gasteiger partial charge < -0.3 is 45.7 Å². The maximum atomic E-state index is 14.2. The van der Waals surface area contributed by atoms with Gasteiger partial charge in [-0.2, -0.15) is 0 Å². The number of benzene rings is 1. The van der Waals surface area contributed by atoms with Crippen LogP contribution < -0.4 is 16.2 Å². The SMILES string of the molecule is CC(C)(ON=C(C(=O)NC1C(C2SC3=CC[N+]2(CC(=O)c2ccc(O)c(O)c2)C=C3)=C(C(=O)[O-])N2C(=O)C[C@@H]2[S+]1[O-])c1csc(N)n1)C(=O)O. The molecule has 5 aliphatic rings. The predicted molar refractivity (Wildman–Crippen MR) is 176 cm³/mol. The standard InChI is InChI=1S/C30H28N6O11S3/c1-30(2,28(44)45)47-34-22(15-12-48-29(31)32-15)24(41)33-25-21(23(27(42)43)35-19(40)10-20(35)50(25)46)26-36(7-5-14(49-26)6-8-36)11-18(39)13-3-4-16(37)17(38)9-13/h3-7,9,12,20,25-26H,8,10-11H2,1-2H3,(H6-,31,32,33,34,37,38,39,41,42,43,44,45)/t20-,25?,26?,36?,50?/m0/s1. The molecule has 17 nitrogen and oxygen atoms in total. The number of ketones is 1. The number of carbonyl (C=O) groups is 5. The number of carboxylic acids is 2. The Hall–Kier alpha value is -4.89. The van der Waals surface area contributed by atoms with E-state index in [2.05, 4.69) is 15.5 Å². The summed E-state index contributed by atoms with van der Waals surface area (Å²) < 4.78 is 13.9. The van der Waals surface area contributed by atoms with E-state index in [4.69, 9.17) is 10.6 Å². The van der Waals surface area contributed by atoms with Gasteiger partial charge in [0, 0.05) is 33.1 Å². The number of thiazole rings is 1. The molecule has 5 atom stereocenters. The van der Waals surface area contributed by atoms with Gasteiger partial charge in [-0.05, 0) is 38.1 Å². The van der Waals surface area contributed by atoms with Gasteiger partial charge in [-0.1, -0.05) is 16.9 Å². The smallest absolute Gasteiger partial charge is 0.350 e. The summed E-state index contributed by atoms with van der Waals surface area (Å²) in [6.45, 7) is 2.20. The van der Waals surface area contributed by atoms with Crippen molar-refractivity contribution in [1.29, 1.82) is 0 Å². The number of phenols is 2. The molecular weight excluding hydrogens is 717 g/mol. The largest absolute Gasteiger partial charge is 0.613 e. The number of rotatable bonds is 11. The first-order chi connectivity index (χ1) is 23.5. The Labute approximate surface area is 294 Å². The lowest BCUT2D eigenvalue weighted by Crippen LogP contribution is -2.69. The van der Waals surface area contributed by atoms with Crippen LogP contribution >= 0.6 is 23.1 Å². The summed E-state index contributed by atoms with van der Waals surface area (Å²) in [5, 5.41) is 46.1. The van der Waals surface area contributed by atoms with E-state index in [-0.39, 0.29) is 46.0 Å². The van der Waals surface area contributed by atoms with Crippen molar-refractivity contribution in [2.75, 3.05) is 18.8 Å². The van der Waals surface area contributed by atoms with E-state index in [0.29, 0.717) is 4.91 Å². The molecule has 1 saturated heterocycles. The Morgan fingerprint density at radius 1 is 1.26 bits per heavy atom. The Balaban J connectivity index is 1.44. The summed E-state index contributed by atoms with van der Waals surface area (Å²) in [5.74, 6) is -6.37. The molecule has 6 heterocycles. The van der Waals surface area contributed by atoms with Crippen molar-refractivity contribution < 1.29 is 58.3 Å². The number of allylic oxidation sites excluding steroid dienone is 1. The number of hydrogen-bond donors (Lipinski definition) is 5. The molecule has 1 aromatic carbocycles. The molecule has 0 saturated carbocycles. The van der Waals surface area contributed by atoms with Gasteiger partial charge in [-0.3, -0.25) is 23.8 Å². The fourth-order valence-corrected chi connectivity index (χ4v) is 9.46. The lowest BCUT2D eigenvalue weighted by atomic mass is 10.0. The Morgan fingerprint density at radius 3 is 2.58 bits per heavy atom. The van der Waals surface area contributed by atoms with Crippen LogP contribution in [0.5, 0.6) is 11.5 Å². The number of anilines is 1. The topological polar surface area (TPSA) is 268 Å². The van der Waals surface area contributed by atoms with Crippen molar-refractivity contribution >= 4 is 74.7 Å². The molecule has 262 valence electrons. The number of aliphatic carboxylic acids is 2. The highest BCUT2D eigenvalue weighted by molar-refractivity contribution is 8.04. The molecule has 2 amide bonds. The third kappa shape index (κ3) is 6.08. The van der Waals surface area contributed by atoms with Crippen molar-refractivity contribution in [3.05, 3.63) is 69.4 Å². The van der Waals surface area contributed by atoms with Crippen LogP contribution in [0.15, 0.2) is 63.3 Å². The molecule has 4 unspecified atom stereocenters. The van der Waals surface area contributed by atoms with E-state index in [9.17, 15) is 49.0 Å². The fraction of sp³-hybridized carbons (Fsp3) is 0.300. The number of aromatic nitrogens is 1. The zero-order chi connectivity index (χ0) is 36.3. The molecule has 0 spiro atoms. The normalized spacial score (nSPS) is 25.8. The summed E-state index contributed by atoms with van der Waals surface area (Å²) in [6.07, 6.45) is 4.91. The van der Waals surface area contributed by atoms with Crippen LogP contribution in [0.4, 0.5) is 5.13 Å². The molecule has 1 fully saturated rings. The number of aromatic hydroxyl groups is 2. The number of oxime groups is 1. The Morgan fingerprint density at radius 2 is 2.00 bits per heavy atom. The van der Waals surface area contributed by atoms with Crippen LogP contribution in [0.25, 0.3) is 0 Å². The molecule has 5 aliphatic heterocycles. The fourth-order valence-electron chi connectivity index (χ4n) is 5.68. The molecule has 20 heteroatoms. The predicted octanol–water partition coefficient (Wildman–Crippen LogP) is -0.329. The third-order valence-electron chi connectivity index (χ3n) is 8.40. The second kappa shape index (κ2) is 12.8. The summed E-state index contributed by atoms with van der Waals surface area (Å²) >= 11 is -0.106. The first-order valence-electron chi connectivity index (χ1n) is 14.7. The molecule has 2 aromatic rings. The van der Waals surface area contributed by atoms with Gasteiger partial charge in [0.2, 0.25) is 28.0 Å². The van der Waals surface area contributed by atoms with Crippen LogP contribution in [0, 0.1) is 0 Å². The van der Waals surface area contributed by atoms with Crippen LogP contribution in [0.2, 0.25) is 0 Å². The molecule has 7 rings (SSSR count). The van der Waals surface area contributed by atoms with E-state index < -0.39 is 85.3 Å². The maximum absolute atomic E-state index is 14.2. The number of carboxylic acid groups (broad SMARTS) is 2. The average Bonchev–Trinajstić information content (AvgIpc) is 3.49. The van der Waals surface area contributed by atoms with E-state index in [1.807, 2.05) is 6.08 Å². The number of nitrogens with zero attached hydrogens (tertiary/aromatic N) is 4. The number of amides is 2. The Kier molecular flexibility index (Phi) is 8.93. The number of phenolic OH excluding ortho intramolecular Hbond substituents is 2. The van der Waals surface area contributed by atoms with Crippen molar-refractivity contribution in [3.8, 4) is 11.5 Å². The second-order valence-corrected chi connectivity index (χ2v) is 15.8. The van der Waals surface area contributed by atoms with Crippen LogP contribution in [-0.2, 0) is 35.2 Å². The second-order valence-electron chi connectivity index (χ2n) is 12.1. The Bertz CT molecular complexity index is 1970. The zero-order valence-electron chi connectivity index (χ0n) is 26.1. The number of carbonyl (C=O) groups excluding carboxylic acids is 4. The number of thioether (sulfide) groups is 1. The van der Waals surface area contributed by atoms with E-state index >= 15 is 0 Å². The first kappa shape index (κ1) is 35.0. The summed E-state index contributed by atoms with van der Waals surface area (Å²) in [7, 11) is 0.